The standard InChI is InChI=1S/C19H24N4O/c1-3-20-19(24)15-10-12-23(13-11-15)18-9-8-17(21-22-18)16-7-5-4-6-14(16)2/h4-9,15H,3,10-13H2,1-2H3,(H,20,24). The van der Waals surface area contributed by atoms with E-state index in [9.17, 15) is 4.79 Å². The highest BCUT2D eigenvalue weighted by molar-refractivity contribution is 5.78. The number of carbonyl (C=O) groups is 1. The average Bonchev–Trinajstić information content (AvgIpc) is 2.63. The lowest BCUT2D eigenvalue weighted by Gasteiger charge is -2.31. The number of carbonyl (C=O) groups excluding carboxylic acids is 1. The number of nitrogens with one attached hydrogen (secondary N) is 1. The summed E-state index contributed by atoms with van der Waals surface area (Å²) < 4.78 is 0. The molecule has 2 heterocycles. The molecular weight excluding hydrogens is 300 g/mol. The number of hydrogen-bond acceptors (Lipinski definition) is 4. The van der Waals surface area contributed by atoms with Gasteiger partial charge in [-0.3, -0.25) is 4.79 Å². The molecule has 0 saturated carbocycles. The summed E-state index contributed by atoms with van der Waals surface area (Å²) in [6.07, 6.45) is 1.74. The Hall–Kier alpha value is -2.43. The van der Waals surface area contributed by atoms with Crippen molar-refractivity contribution < 1.29 is 4.79 Å². The molecule has 0 unspecified atom stereocenters. The number of aryl methyl sites for hydroxylation is 1. The van der Waals surface area contributed by atoms with Crippen LogP contribution in [0.3, 0.4) is 0 Å². The van der Waals surface area contributed by atoms with Gasteiger partial charge in [0.15, 0.2) is 5.82 Å². The fourth-order valence-corrected chi connectivity index (χ4v) is 3.19. The van der Waals surface area contributed by atoms with E-state index in [0.717, 1.165) is 43.0 Å². The molecule has 0 spiro atoms. The average molecular weight is 324 g/mol. The fourth-order valence-electron chi connectivity index (χ4n) is 3.19. The van der Waals surface area contributed by atoms with Crippen LogP contribution in [0.2, 0.25) is 0 Å². The van der Waals surface area contributed by atoms with Crippen LogP contribution in [0.1, 0.15) is 25.3 Å². The van der Waals surface area contributed by atoms with Crippen molar-refractivity contribution in [2.24, 2.45) is 5.92 Å². The van der Waals surface area contributed by atoms with E-state index in [0.29, 0.717) is 6.54 Å². The molecule has 24 heavy (non-hydrogen) atoms. The van der Waals surface area contributed by atoms with Gasteiger partial charge in [-0.05, 0) is 44.4 Å². The Bertz CT molecular complexity index is 691. The topological polar surface area (TPSA) is 58.1 Å². The fraction of sp³-hybridized carbons (Fsp3) is 0.421. The quantitative estimate of drug-likeness (QED) is 0.939. The van der Waals surface area contributed by atoms with Crippen LogP contribution in [0.4, 0.5) is 5.82 Å². The van der Waals surface area contributed by atoms with Crippen molar-refractivity contribution in [1.29, 1.82) is 0 Å². The van der Waals surface area contributed by atoms with E-state index in [-0.39, 0.29) is 11.8 Å². The summed E-state index contributed by atoms with van der Waals surface area (Å²) in [5.74, 6) is 1.19. The third-order valence-electron chi connectivity index (χ3n) is 4.61. The molecule has 0 radical (unpaired) electrons. The molecule has 1 amide bonds. The van der Waals surface area contributed by atoms with Gasteiger partial charge in [0, 0.05) is 31.1 Å². The summed E-state index contributed by atoms with van der Waals surface area (Å²) in [5, 5.41) is 11.7. The maximum atomic E-state index is 11.9. The maximum absolute atomic E-state index is 11.9. The molecule has 1 saturated heterocycles. The number of piperidine rings is 1. The summed E-state index contributed by atoms with van der Waals surface area (Å²) in [6, 6.07) is 12.2. The van der Waals surface area contributed by atoms with E-state index < -0.39 is 0 Å². The molecule has 5 heteroatoms. The van der Waals surface area contributed by atoms with Crippen molar-refractivity contribution in [3.63, 3.8) is 0 Å². The number of hydrogen-bond donors (Lipinski definition) is 1. The largest absolute Gasteiger partial charge is 0.356 e. The van der Waals surface area contributed by atoms with Crippen LogP contribution in [-0.2, 0) is 4.79 Å². The first-order valence-electron chi connectivity index (χ1n) is 8.61. The van der Waals surface area contributed by atoms with Gasteiger partial charge in [0.25, 0.3) is 0 Å². The predicted molar refractivity (Wildman–Crippen MR) is 95.8 cm³/mol. The number of amides is 1. The van der Waals surface area contributed by atoms with Gasteiger partial charge in [-0.1, -0.05) is 24.3 Å². The molecule has 1 aromatic carbocycles. The lowest BCUT2D eigenvalue weighted by atomic mass is 9.96. The predicted octanol–water partition coefficient (Wildman–Crippen LogP) is 2.80. The summed E-state index contributed by atoms with van der Waals surface area (Å²) in [5.41, 5.74) is 3.21. The minimum Gasteiger partial charge on any atom is -0.356 e. The normalized spacial score (nSPS) is 15.3. The summed E-state index contributed by atoms with van der Waals surface area (Å²) in [4.78, 5) is 14.1. The Kier molecular flexibility index (Phi) is 5.08. The molecule has 2 aromatic rings. The van der Waals surface area contributed by atoms with Crippen molar-refractivity contribution in [3.05, 3.63) is 42.0 Å². The van der Waals surface area contributed by atoms with E-state index in [2.05, 4.69) is 39.5 Å². The first-order valence-corrected chi connectivity index (χ1v) is 8.61. The van der Waals surface area contributed by atoms with E-state index in [1.807, 2.05) is 31.2 Å². The number of aromatic nitrogens is 2. The molecule has 1 N–H and O–H groups in total. The van der Waals surface area contributed by atoms with E-state index in [1.54, 1.807) is 0 Å². The van der Waals surface area contributed by atoms with Crippen LogP contribution in [0.5, 0.6) is 0 Å². The molecule has 1 aliphatic rings. The lowest BCUT2D eigenvalue weighted by Crippen LogP contribution is -2.40. The van der Waals surface area contributed by atoms with Gasteiger partial charge in [0.1, 0.15) is 0 Å². The molecule has 1 fully saturated rings. The van der Waals surface area contributed by atoms with Gasteiger partial charge in [0.2, 0.25) is 5.91 Å². The Morgan fingerprint density at radius 1 is 1.17 bits per heavy atom. The molecule has 0 atom stereocenters. The van der Waals surface area contributed by atoms with Gasteiger partial charge < -0.3 is 10.2 Å². The molecule has 1 aliphatic heterocycles. The number of anilines is 1. The second-order valence-electron chi connectivity index (χ2n) is 6.25. The van der Waals surface area contributed by atoms with Crippen LogP contribution in [0.15, 0.2) is 36.4 Å². The Morgan fingerprint density at radius 2 is 1.92 bits per heavy atom. The zero-order valence-corrected chi connectivity index (χ0v) is 14.3. The Labute approximate surface area is 143 Å². The second kappa shape index (κ2) is 7.43. The monoisotopic (exact) mass is 324 g/mol. The molecule has 1 aromatic heterocycles. The van der Waals surface area contributed by atoms with Crippen LogP contribution in [0.25, 0.3) is 11.3 Å². The second-order valence-corrected chi connectivity index (χ2v) is 6.25. The Balaban J connectivity index is 1.65. The highest BCUT2D eigenvalue weighted by atomic mass is 16.1. The van der Waals surface area contributed by atoms with Gasteiger partial charge in [0.05, 0.1) is 5.69 Å². The molecular formula is C19H24N4O. The van der Waals surface area contributed by atoms with Crippen LogP contribution < -0.4 is 10.2 Å². The van der Waals surface area contributed by atoms with E-state index in [1.165, 1.54) is 5.56 Å². The van der Waals surface area contributed by atoms with Gasteiger partial charge in [-0.25, -0.2) is 0 Å². The third kappa shape index (κ3) is 3.55. The van der Waals surface area contributed by atoms with E-state index >= 15 is 0 Å². The van der Waals surface area contributed by atoms with Gasteiger partial charge in [-0.2, -0.15) is 0 Å². The van der Waals surface area contributed by atoms with Crippen molar-refractivity contribution in [3.8, 4) is 11.3 Å². The van der Waals surface area contributed by atoms with Crippen molar-refractivity contribution in [2.75, 3.05) is 24.5 Å². The molecule has 0 bridgehead atoms. The first-order chi connectivity index (χ1) is 11.7. The molecule has 0 aliphatic carbocycles. The molecule has 5 nitrogen and oxygen atoms in total. The van der Waals surface area contributed by atoms with Gasteiger partial charge >= 0.3 is 0 Å². The zero-order valence-electron chi connectivity index (χ0n) is 14.3. The first kappa shape index (κ1) is 16.4. The molecule has 126 valence electrons. The highest BCUT2D eigenvalue weighted by Gasteiger charge is 2.25. The van der Waals surface area contributed by atoms with Crippen molar-refractivity contribution in [1.82, 2.24) is 15.5 Å². The lowest BCUT2D eigenvalue weighted by molar-refractivity contribution is -0.125. The third-order valence-corrected chi connectivity index (χ3v) is 4.61. The number of nitrogens with zero attached hydrogens (tertiary/aromatic N) is 3. The maximum Gasteiger partial charge on any atom is 0.223 e. The van der Waals surface area contributed by atoms with Crippen molar-refractivity contribution in [2.45, 2.75) is 26.7 Å². The zero-order chi connectivity index (χ0) is 16.9. The van der Waals surface area contributed by atoms with E-state index in [4.69, 9.17) is 0 Å². The minimum atomic E-state index is 0.125. The van der Waals surface area contributed by atoms with Crippen LogP contribution in [0, 0.1) is 12.8 Å². The number of benzene rings is 1. The molecule has 3 rings (SSSR count). The summed E-state index contributed by atoms with van der Waals surface area (Å²) in [6.45, 7) is 6.43. The summed E-state index contributed by atoms with van der Waals surface area (Å²) in [7, 11) is 0. The summed E-state index contributed by atoms with van der Waals surface area (Å²) >= 11 is 0. The number of rotatable bonds is 4. The van der Waals surface area contributed by atoms with Crippen LogP contribution >= 0.6 is 0 Å². The highest BCUT2D eigenvalue weighted by Crippen LogP contribution is 2.24. The minimum absolute atomic E-state index is 0.125. The smallest absolute Gasteiger partial charge is 0.223 e. The van der Waals surface area contributed by atoms with Gasteiger partial charge in [-0.15, -0.1) is 10.2 Å². The Morgan fingerprint density at radius 3 is 2.54 bits per heavy atom. The SMILES string of the molecule is CCNC(=O)C1CCN(c2ccc(-c3ccccc3C)nn2)CC1. The van der Waals surface area contributed by atoms with Crippen LogP contribution in [-0.4, -0.2) is 35.7 Å². The van der Waals surface area contributed by atoms with Crippen molar-refractivity contribution >= 4 is 11.7 Å².